The Bertz CT molecular complexity index is 1100. The molecule has 0 aliphatic heterocycles. The van der Waals surface area contributed by atoms with Crippen molar-refractivity contribution in [3.8, 4) is 28.7 Å². The minimum Gasteiger partial charge on any atom is -0.423 e. The molecule has 0 spiro atoms. The van der Waals surface area contributed by atoms with Crippen molar-refractivity contribution in [2.24, 2.45) is 0 Å². The summed E-state index contributed by atoms with van der Waals surface area (Å²) in [6, 6.07) is 22.1. The second-order valence-electron chi connectivity index (χ2n) is 6.56. The summed E-state index contributed by atoms with van der Waals surface area (Å²) >= 11 is 0. The van der Waals surface area contributed by atoms with Gasteiger partial charge in [0.25, 0.3) is 0 Å². The van der Waals surface area contributed by atoms with Gasteiger partial charge in [0.15, 0.2) is 0 Å². The van der Waals surface area contributed by atoms with Gasteiger partial charge in [-0.3, -0.25) is 0 Å². The molecule has 4 aromatic rings. The summed E-state index contributed by atoms with van der Waals surface area (Å²) in [6.07, 6.45) is 0. The first-order chi connectivity index (χ1) is 13.6. The number of esters is 1. The average Bonchev–Trinajstić information content (AvgIpc) is 3.20. The normalized spacial score (nSPS) is 10.6. The molecule has 0 atom stereocenters. The van der Waals surface area contributed by atoms with E-state index in [1.165, 1.54) is 5.56 Å². The van der Waals surface area contributed by atoms with Crippen molar-refractivity contribution in [3.63, 3.8) is 0 Å². The summed E-state index contributed by atoms with van der Waals surface area (Å²) in [6.45, 7) is 3.99. The fraction of sp³-hybridized carbons (Fsp3) is 0.0870. The van der Waals surface area contributed by atoms with Crippen LogP contribution in [0.15, 0.2) is 77.2 Å². The molecule has 1 heterocycles. The van der Waals surface area contributed by atoms with E-state index in [1.807, 2.05) is 50.2 Å². The summed E-state index contributed by atoms with van der Waals surface area (Å²) in [5.74, 6) is 0.927. The maximum Gasteiger partial charge on any atom is 0.343 e. The maximum absolute atomic E-state index is 12.2. The molecule has 1 aromatic heterocycles. The van der Waals surface area contributed by atoms with Crippen LogP contribution in [0.2, 0.25) is 0 Å². The SMILES string of the molecule is Cc1ccc(C(=O)Oc2ccc(-c3nnc(-c4ccc(C)cc4)o3)cc2)cc1. The topological polar surface area (TPSA) is 65.2 Å². The fourth-order valence-corrected chi connectivity index (χ4v) is 2.67. The quantitative estimate of drug-likeness (QED) is 0.363. The van der Waals surface area contributed by atoms with Gasteiger partial charge in [0, 0.05) is 11.1 Å². The Morgan fingerprint density at radius 1 is 0.714 bits per heavy atom. The number of carbonyl (C=O) groups excluding carboxylic acids is 1. The summed E-state index contributed by atoms with van der Waals surface area (Å²) in [7, 11) is 0. The van der Waals surface area contributed by atoms with Gasteiger partial charge in [-0.2, -0.15) is 0 Å². The van der Waals surface area contributed by atoms with Crippen LogP contribution in [0.25, 0.3) is 22.9 Å². The van der Waals surface area contributed by atoms with E-state index in [9.17, 15) is 4.79 Å². The molecule has 0 radical (unpaired) electrons. The van der Waals surface area contributed by atoms with Crippen LogP contribution < -0.4 is 4.74 Å². The van der Waals surface area contributed by atoms with Crippen molar-refractivity contribution >= 4 is 5.97 Å². The molecule has 0 fully saturated rings. The molecule has 138 valence electrons. The number of carbonyl (C=O) groups is 1. The molecule has 0 aliphatic rings. The number of benzene rings is 3. The first kappa shape index (κ1) is 17.7. The number of aryl methyl sites for hydroxylation is 2. The van der Waals surface area contributed by atoms with Gasteiger partial charge in [0.2, 0.25) is 11.8 Å². The first-order valence-corrected chi connectivity index (χ1v) is 8.88. The van der Waals surface area contributed by atoms with Crippen LogP contribution in [0.1, 0.15) is 21.5 Å². The van der Waals surface area contributed by atoms with Crippen molar-refractivity contribution in [1.82, 2.24) is 10.2 Å². The summed E-state index contributed by atoms with van der Waals surface area (Å²) in [5, 5.41) is 8.22. The summed E-state index contributed by atoms with van der Waals surface area (Å²) < 4.78 is 11.2. The Labute approximate surface area is 162 Å². The number of ether oxygens (including phenoxy) is 1. The number of hydrogen-bond acceptors (Lipinski definition) is 5. The van der Waals surface area contributed by atoms with Crippen LogP contribution in [0.3, 0.4) is 0 Å². The van der Waals surface area contributed by atoms with E-state index in [-0.39, 0.29) is 0 Å². The monoisotopic (exact) mass is 370 g/mol. The third kappa shape index (κ3) is 3.83. The second-order valence-corrected chi connectivity index (χ2v) is 6.56. The zero-order valence-electron chi connectivity index (χ0n) is 15.5. The lowest BCUT2D eigenvalue weighted by atomic mass is 10.1. The van der Waals surface area contributed by atoms with Gasteiger partial charge in [-0.15, -0.1) is 10.2 Å². The lowest BCUT2D eigenvalue weighted by Gasteiger charge is -2.05. The third-order valence-corrected chi connectivity index (χ3v) is 4.32. The summed E-state index contributed by atoms with van der Waals surface area (Å²) in [4.78, 5) is 12.2. The number of nitrogens with zero attached hydrogens (tertiary/aromatic N) is 2. The molecule has 0 saturated heterocycles. The Morgan fingerprint density at radius 3 is 1.71 bits per heavy atom. The Hall–Kier alpha value is -3.73. The van der Waals surface area contributed by atoms with E-state index >= 15 is 0 Å². The zero-order valence-corrected chi connectivity index (χ0v) is 15.5. The number of aromatic nitrogens is 2. The van der Waals surface area contributed by atoms with Crippen molar-refractivity contribution in [3.05, 3.63) is 89.5 Å². The van der Waals surface area contributed by atoms with E-state index in [0.29, 0.717) is 23.1 Å². The van der Waals surface area contributed by atoms with E-state index in [2.05, 4.69) is 10.2 Å². The van der Waals surface area contributed by atoms with Crippen LogP contribution in [0, 0.1) is 13.8 Å². The van der Waals surface area contributed by atoms with E-state index in [4.69, 9.17) is 9.15 Å². The van der Waals surface area contributed by atoms with Crippen LogP contribution in [-0.4, -0.2) is 16.2 Å². The van der Waals surface area contributed by atoms with Gasteiger partial charge in [0.1, 0.15) is 5.75 Å². The van der Waals surface area contributed by atoms with Crippen LogP contribution in [-0.2, 0) is 0 Å². The van der Waals surface area contributed by atoms with Crippen molar-refractivity contribution in [1.29, 1.82) is 0 Å². The Balaban J connectivity index is 1.48. The minimum absolute atomic E-state index is 0.396. The first-order valence-electron chi connectivity index (χ1n) is 8.88. The molecule has 0 N–H and O–H groups in total. The van der Waals surface area contributed by atoms with Crippen molar-refractivity contribution in [2.75, 3.05) is 0 Å². The molecular formula is C23H18N2O3. The van der Waals surface area contributed by atoms with Crippen LogP contribution in [0.5, 0.6) is 5.75 Å². The van der Waals surface area contributed by atoms with Gasteiger partial charge in [-0.25, -0.2) is 4.79 Å². The average molecular weight is 370 g/mol. The molecule has 4 rings (SSSR count). The molecular weight excluding hydrogens is 352 g/mol. The Morgan fingerprint density at radius 2 is 1.18 bits per heavy atom. The van der Waals surface area contributed by atoms with E-state index in [1.54, 1.807) is 36.4 Å². The molecule has 0 aliphatic carbocycles. The lowest BCUT2D eigenvalue weighted by Crippen LogP contribution is -2.08. The smallest absolute Gasteiger partial charge is 0.343 e. The van der Waals surface area contributed by atoms with Gasteiger partial charge < -0.3 is 9.15 Å². The highest BCUT2D eigenvalue weighted by molar-refractivity contribution is 5.91. The predicted molar refractivity (Wildman–Crippen MR) is 106 cm³/mol. The molecule has 28 heavy (non-hydrogen) atoms. The molecule has 5 heteroatoms. The molecule has 0 amide bonds. The molecule has 0 unspecified atom stereocenters. The van der Waals surface area contributed by atoms with E-state index in [0.717, 1.165) is 16.7 Å². The molecule has 0 bridgehead atoms. The van der Waals surface area contributed by atoms with E-state index < -0.39 is 5.97 Å². The third-order valence-electron chi connectivity index (χ3n) is 4.32. The predicted octanol–water partition coefficient (Wildman–Crippen LogP) is 5.24. The van der Waals surface area contributed by atoms with Gasteiger partial charge >= 0.3 is 5.97 Å². The largest absolute Gasteiger partial charge is 0.423 e. The van der Waals surface area contributed by atoms with Crippen LogP contribution >= 0.6 is 0 Å². The molecule has 3 aromatic carbocycles. The van der Waals surface area contributed by atoms with Crippen LogP contribution in [0.4, 0.5) is 0 Å². The van der Waals surface area contributed by atoms with Crippen molar-refractivity contribution < 1.29 is 13.9 Å². The highest BCUT2D eigenvalue weighted by Gasteiger charge is 2.12. The highest BCUT2D eigenvalue weighted by atomic mass is 16.5. The number of hydrogen-bond donors (Lipinski definition) is 0. The van der Waals surface area contributed by atoms with Gasteiger partial charge in [0.05, 0.1) is 5.56 Å². The Kier molecular flexibility index (Phi) is 4.72. The molecule has 5 nitrogen and oxygen atoms in total. The highest BCUT2D eigenvalue weighted by Crippen LogP contribution is 2.26. The lowest BCUT2D eigenvalue weighted by molar-refractivity contribution is 0.0735. The van der Waals surface area contributed by atoms with Gasteiger partial charge in [-0.1, -0.05) is 35.4 Å². The fourth-order valence-electron chi connectivity index (χ4n) is 2.67. The maximum atomic E-state index is 12.2. The molecule has 0 saturated carbocycles. The van der Waals surface area contributed by atoms with Gasteiger partial charge in [-0.05, 0) is 62.4 Å². The zero-order chi connectivity index (χ0) is 19.5. The van der Waals surface area contributed by atoms with Crippen molar-refractivity contribution in [2.45, 2.75) is 13.8 Å². The second kappa shape index (κ2) is 7.48. The minimum atomic E-state index is -0.396. The standard InChI is InChI=1S/C23H18N2O3/c1-15-3-7-17(8-4-15)21-24-25-22(28-21)18-11-13-20(14-12-18)27-23(26)19-9-5-16(2)6-10-19/h3-14H,1-2H3. The summed E-state index contributed by atoms with van der Waals surface area (Å²) in [5.41, 5.74) is 4.38. The number of rotatable bonds is 4.